The van der Waals surface area contributed by atoms with Gasteiger partial charge in [-0.25, -0.2) is 18.4 Å². The maximum Gasteiger partial charge on any atom is 0.408 e. The molecule has 0 aliphatic heterocycles. The molecule has 4 rings (SSSR count). The molecule has 168 valence electrons. The summed E-state index contributed by atoms with van der Waals surface area (Å²) in [5.41, 5.74) is 2.58. The summed E-state index contributed by atoms with van der Waals surface area (Å²) in [6.07, 6.45) is -0.901. The highest BCUT2D eigenvalue weighted by molar-refractivity contribution is 5.83. The van der Waals surface area contributed by atoms with Crippen LogP contribution in [-0.2, 0) is 22.6 Å². The molecular weight excluding hydrogens is 432 g/mol. The zero-order chi connectivity index (χ0) is 23.4. The number of carbonyl (C=O) groups excluding carboxylic acids is 1. The summed E-state index contributed by atoms with van der Waals surface area (Å²) in [7, 11) is 0. The van der Waals surface area contributed by atoms with E-state index >= 15 is 0 Å². The van der Waals surface area contributed by atoms with Crippen molar-refractivity contribution in [1.82, 2.24) is 5.32 Å². The van der Waals surface area contributed by atoms with Gasteiger partial charge in [0.25, 0.3) is 0 Å². The zero-order valence-electron chi connectivity index (χ0n) is 17.3. The number of fused-ring (bicyclic) bond motifs is 1. The average Bonchev–Trinajstić information content (AvgIpc) is 3.22. The molecule has 1 aromatic heterocycles. The van der Waals surface area contributed by atoms with Crippen LogP contribution in [0.15, 0.2) is 77.2 Å². The van der Waals surface area contributed by atoms with Gasteiger partial charge in [0.1, 0.15) is 35.6 Å². The van der Waals surface area contributed by atoms with Crippen LogP contribution in [0.4, 0.5) is 13.6 Å². The standard InChI is InChI=1S/C25H19F2NO5/c26-19-6-1-15(2-7-19)12-21(24(29)30)28-25(31)32-14-16-3-10-22-18(11-16)13-23(33-22)17-4-8-20(27)9-5-17/h1-11,13,21H,12,14H2,(H,28,31)(H,29,30)/t21-/m1/s1. The maximum atomic E-state index is 13.1. The number of nitrogens with one attached hydrogen (secondary N) is 1. The minimum atomic E-state index is -1.23. The number of rotatable bonds is 7. The number of carbonyl (C=O) groups is 2. The quantitative estimate of drug-likeness (QED) is 0.398. The molecule has 1 amide bonds. The van der Waals surface area contributed by atoms with Gasteiger partial charge in [0.15, 0.2) is 0 Å². The summed E-state index contributed by atoms with van der Waals surface area (Å²) in [4.78, 5) is 23.6. The van der Waals surface area contributed by atoms with Gasteiger partial charge in [-0.15, -0.1) is 0 Å². The number of hydrogen-bond acceptors (Lipinski definition) is 4. The van der Waals surface area contributed by atoms with Crippen molar-refractivity contribution in [2.24, 2.45) is 0 Å². The van der Waals surface area contributed by atoms with Crippen molar-refractivity contribution in [2.75, 3.05) is 0 Å². The van der Waals surface area contributed by atoms with Crippen LogP contribution in [0.5, 0.6) is 0 Å². The predicted molar refractivity (Wildman–Crippen MR) is 116 cm³/mol. The molecule has 2 N–H and O–H groups in total. The number of ether oxygens (including phenoxy) is 1. The Kier molecular flexibility index (Phi) is 6.35. The molecule has 0 saturated heterocycles. The van der Waals surface area contributed by atoms with Gasteiger partial charge in [-0.05, 0) is 65.7 Å². The van der Waals surface area contributed by atoms with Crippen molar-refractivity contribution in [3.63, 3.8) is 0 Å². The third-order valence-corrected chi connectivity index (χ3v) is 5.02. The van der Waals surface area contributed by atoms with Crippen molar-refractivity contribution < 1.29 is 32.6 Å². The van der Waals surface area contributed by atoms with Gasteiger partial charge < -0.3 is 19.6 Å². The van der Waals surface area contributed by atoms with E-state index in [0.29, 0.717) is 22.5 Å². The molecule has 1 atom stereocenters. The van der Waals surface area contributed by atoms with E-state index in [1.54, 1.807) is 36.4 Å². The van der Waals surface area contributed by atoms with Crippen LogP contribution in [-0.4, -0.2) is 23.2 Å². The van der Waals surface area contributed by atoms with Crippen LogP contribution < -0.4 is 5.32 Å². The van der Waals surface area contributed by atoms with Crippen LogP contribution in [0.3, 0.4) is 0 Å². The molecule has 0 saturated carbocycles. The molecule has 33 heavy (non-hydrogen) atoms. The lowest BCUT2D eigenvalue weighted by atomic mass is 10.1. The van der Waals surface area contributed by atoms with Crippen LogP contribution in [0.25, 0.3) is 22.3 Å². The second-order valence-corrected chi connectivity index (χ2v) is 7.43. The van der Waals surface area contributed by atoms with E-state index < -0.39 is 23.9 Å². The van der Waals surface area contributed by atoms with Gasteiger partial charge in [0.05, 0.1) is 0 Å². The number of carboxylic acid groups (broad SMARTS) is 1. The molecule has 6 nitrogen and oxygen atoms in total. The molecule has 0 aliphatic rings. The molecule has 1 heterocycles. The number of hydrogen-bond donors (Lipinski definition) is 2. The number of aliphatic carboxylic acids is 1. The Morgan fingerprint density at radius 3 is 2.21 bits per heavy atom. The molecule has 0 fully saturated rings. The van der Waals surface area contributed by atoms with Crippen molar-refractivity contribution in [3.05, 3.63) is 95.6 Å². The first kappa shape index (κ1) is 22.0. The lowest BCUT2D eigenvalue weighted by molar-refractivity contribution is -0.139. The minimum Gasteiger partial charge on any atom is -0.480 e. The Morgan fingerprint density at radius 1 is 0.909 bits per heavy atom. The first-order valence-electron chi connectivity index (χ1n) is 10.1. The molecule has 8 heteroatoms. The summed E-state index contributed by atoms with van der Waals surface area (Å²) < 4.78 is 37.1. The number of benzene rings is 3. The second-order valence-electron chi connectivity index (χ2n) is 7.43. The molecule has 0 unspecified atom stereocenters. The SMILES string of the molecule is O=C(N[C@H](Cc1ccc(F)cc1)C(=O)O)OCc1ccc2oc(-c3ccc(F)cc3)cc2c1. The summed E-state index contributed by atoms with van der Waals surface area (Å²) in [6, 6.07) is 17.1. The third-order valence-electron chi connectivity index (χ3n) is 5.02. The van der Waals surface area contributed by atoms with Gasteiger partial charge in [-0.1, -0.05) is 18.2 Å². The molecule has 4 aromatic rings. The normalized spacial score (nSPS) is 11.8. The van der Waals surface area contributed by atoms with E-state index in [1.807, 2.05) is 0 Å². The van der Waals surface area contributed by atoms with E-state index in [-0.39, 0.29) is 18.8 Å². The monoisotopic (exact) mass is 451 g/mol. The number of alkyl carbamates (subject to hydrolysis) is 1. The van der Waals surface area contributed by atoms with Gasteiger partial charge in [-0.2, -0.15) is 0 Å². The first-order valence-corrected chi connectivity index (χ1v) is 10.1. The highest BCUT2D eigenvalue weighted by Crippen LogP contribution is 2.28. The number of carboxylic acids is 1. The smallest absolute Gasteiger partial charge is 0.408 e. The minimum absolute atomic E-state index is 0.0160. The second kappa shape index (κ2) is 9.52. The van der Waals surface area contributed by atoms with Crippen molar-refractivity contribution in [1.29, 1.82) is 0 Å². The van der Waals surface area contributed by atoms with Crippen LogP contribution in [0, 0.1) is 11.6 Å². The van der Waals surface area contributed by atoms with Crippen molar-refractivity contribution in [2.45, 2.75) is 19.1 Å². The summed E-state index contributed by atoms with van der Waals surface area (Å²) >= 11 is 0. The van der Waals surface area contributed by atoms with Gasteiger partial charge in [-0.3, -0.25) is 0 Å². The van der Waals surface area contributed by atoms with E-state index in [4.69, 9.17) is 9.15 Å². The Labute approximate surface area is 187 Å². The van der Waals surface area contributed by atoms with Crippen LogP contribution >= 0.6 is 0 Å². The highest BCUT2D eigenvalue weighted by atomic mass is 19.1. The number of furan rings is 1. The van der Waals surface area contributed by atoms with Gasteiger partial charge in [0, 0.05) is 17.4 Å². The fourth-order valence-corrected chi connectivity index (χ4v) is 3.33. The fourth-order valence-electron chi connectivity index (χ4n) is 3.33. The molecular formula is C25H19F2NO5. The van der Waals surface area contributed by atoms with Crippen molar-refractivity contribution >= 4 is 23.0 Å². The number of halogens is 2. The topological polar surface area (TPSA) is 88.8 Å². The van der Waals surface area contributed by atoms with E-state index in [0.717, 1.165) is 10.9 Å². The summed E-state index contributed by atoms with van der Waals surface area (Å²) in [5, 5.41) is 12.5. The predicted octanol–water partition coefficient (Wildman–Crippen LogP) is 5.30. The number of amides is 1. The van der Waals surface area contributed by atoms with E-state index in [2.05, 4.69) is 5.32 Å². The largest absolute Gasteiger partial charge is 0.480 e. The third kappa shape index (κ3) is 5.54. The summed E-state index contributed by atoms with van der Waals surface area (Å²) in [5.74, 6) is -1.43. The highest BCUT2D eigenvalue weighted by Gasteiger charge is 2.21. The van der Waals surface area contributed by atoms with Gasteiger partial charge >= 0.3 is 12.1 Å². The molecule has 0 aliphatic carbocycles. The Balaban J connectivity index is 1.38. The lowest BCUT2D eigenvalue weighted by Crippen LogP contribution is -2.42. The average molecular weight is 451 g/mol. The zero-order valence-corrected chi connectivity index (χ0v) is 17.3. The first-order chi connectivity index (χ1) is 15.9. The fraction of sp³-hybridized carbons (Fsp3) is 0.120. The van der Waals surface area contributed by atoms with Crippen LogP contribution in [0.2, 0.25) is 0 Å². The Bertz CT molecular complexity index is 1280. The maximum absolute atomic E-state index is 13.1. The van der Waals surface area contributed by atoms with E-state index in [9.17, 15) is 23.5 Å². The van der Waals surface area contributed by atoms with E-state index in [1.165, 1.54) is 36.4 Å². The van der Waals surface area contributed by atoms with Gasteiger partial charge in [0.2, 0.25) is 0 Å². The molecule has 3 aromatic carbocycles. The molecule has 0 bridgehead atoms. The Morgan fingerprint density at radius 2 is 1.55 bits per heavy atom. The lowest BCUT2D eigenvalue weighted by Gasteiger charge is -2.15. The summed E-state index contributed by atoms with van der Waals surface area (Å²) in [6.45, 7) is -0.0816. The molecule has 0 radical (unpaired) electrons. The Hall–Kier alpha value is -4.20. The van der Waals surface area contributed by atoms with Crippen molar-refractivity contribution in [3.8, 4) is 11.3 Å². The van der Waals surface area contributed by atoms with Crippen LogP contribution in [0.1, 0.15) is 11.1 Å². The molecule has 0 spiro atoms.